The standard InChI is InChI=1S/C13H25N3OS/c1-3-11-4-8-16(9-5-11)10-13(17)15(2)7-6-12(14)18/h11H,3-10H2,1-2H3,(H2,14,18). The second-order valence-electron chi connectivity index (χ2n) is 5.16. The summed E-state index contributed by atoms with van der Waals surface area (Å²) in [7, 11) is 1.82. The van der Waals surface area contributed by atoms with Crippen LogP contribution in [0, 0.1) is 5.92 Å². The molecule has 0 spiro atoms. The fourth-order valence-corrected chi connectivity index (χ4v) is 2.36. The van der Waals surface area contributed by atoms with E-state index >= 15 is 0 Å². The highest BCUT2D eigenvalue weighted by Gasteiger charge is 2.20. The van der Waals surface area contributed by atoms with Gasteiger partial charge in [0.15, 0.2) is 0 Å². The number of likely N-dealkylation sites (N-methyl/N-ethyl adjacent to an activating group) is 1. The number of amides is 1. The Morgan fingerprint density at radius 1 is 1.44 bits per heavy atom. The van der Waals surface area contributed by atoms with Crippen LogP contribution in [0.5, 0.6) is 0 Å². The van der Waals surface area contributed by atoms with Crippen molar-refractivity contribution in [1.29, 1.82) is 0 Å². The van der Waals surface area contributed by atoms with Gasteiger partial charge < -0.3 is 10.6 Å². The second-order valence-corrected chi connectivity index (χ2v) is 5.68. The first-order chi connectivity index (χ1) is 8.52. The predicted octanol–water partition coefficient (Wildman–Crippen LogP) is 1.24. The molecule has 0 aromatic heterocycles. The topological polar surface area (TPSA) is 49.6 Å². The van der Waals surface area contributed by atoms with E-state index in [1.165, 1.54) is 19.3 Å². The summed E-state index contributed by atoms with van der Waals surface area (Å²) >= 11 is 4.82. The summed E-state index contributed by atoms with van der Waals surface area (Å²) in [6.07, 6.45) is 4.31. The van der Waals surface area contributed by atoms with Crippen LogP contribution in [-0.4, -0.2) is 53.9 Å². The fraction of sp³-hybridized carbons (Fsp3) is 0.846. The number of rotatable bonds is 6. The van der Waals surface area contributed by atoms with Gasteiger partial charge in [0.25, 0.3) is 0 Å². The van der Waals surface area contributed by atoms with Crippen molar-refractivity contribution >= 4 is 23.1 Å². The summed E-state index contributed by atoms with van der Waals surface area (Å²) in [5.74, 6) is 1.02. The molecule has 1 saturated heterocycles. The van der Waals surface area contributed by atoms with E-state index in [4.69, 9.17) is 18.0 Å². The number of hydrogen-bond donors (Lipinski definition) is 1. The van der Waals surface area contributed by atoms with E-state index in [0.717, 1.165) is 19.0 Å². The van der Waals surface area contributed by atoms with Gasteiger partial charge in [0, 0.05) is 20.0 Å². The lowest BCUT2D eigenvalue weighted by Crippen LogP contribution is -2.42. The summed E-state index contributed by atoms with van der Waals surface area (Å²) in [5, 5.41) is 0. The first-order valence-electron chi connectivity index (χ1n) is 6.77. The molecular weight excluding hydrogens is 246 g/mol. The van der Waals surface area contributed by atoms with Crippen LogP contribution in [-0.2, 0) is 4.79 Å². The van der Waals surface area contributed by atoms with Crippen molar-refractivity contribution in [2.24, 2.45) is 11.7 Å². The molecule has 0 aromatic carbocycles. The van der Waals surface area contributed by atoms with Crippen LogP contribution in [0.15, 0.2) is 0 Å². The molecule has 0 bridgehead atoms. The molecule has 18 heavy (non-hydrogen) atoms. The zero-order valence-electron chi connectivity index (χ0n) is 11.5. The maximum atomic E-state index is 12.0. The minimum atomic E-state index is 0.168. The van der Waals surface area contributed by atoms with E-state index in [1.807, 2.05) is 7.05 Å². The summed E-state index contributed by atoms with van der Waals surface area (Å²) in [5.41, 5.74) is 5.44. The van der Waals surface area contributed by atoms with Gasteiger partial charge >= 0.3 is 0 Å². The molecule has 2 N–H and O–H groups in total. The Morgan fingerprint density at radius 3 is 2.56 bits per heavy atom. The summed E-state index contributed by atoms with van der Waals surface area (Å²) in [6.45, 7) is 5.50. The molecule has 1 amide bonds. The summed E-state index contributed by atoms with van der Waals surface area (Å²) in [4.78, 5) is 16.4. The van der Waals surface area contributed by atoms with Gasteiger partial charge in [-0.2, -0.15) is 0 Å². The van der Waals surface area contributed by atoms with Crippen molar-refractivity contribution in [2.75, 3.05) is 33.2 Å². The Kier molecular flexibility index (Phi) is 6.57. The number of carbonyl (C=O) groups excluding carboxylic acids is 1. The van der Waals surface area contributed by atoms with Gasteiger partial charge in [0.2, 0.25) is 5.91 Å². The van der Waals surface area contributed by atoms with E-state index in [1.54, 1.807) is 4.90 Å². The van der Waals surface area contributed by atoms with Crippen LogP contribution in [0.1, 0.15) is 32.6 Å². The third-order valence-corrected chi connectivity index (χ3v) is 3.97. The molecular formula is C13H25N3OS. The van der Waals surface area contributed by atoms with Gasteiger partial charge in [0.05, 0.1) is 11.5 Å². The highest BCUT2D eigenvalue weighted by molar-refractivity contribution is 7.80. The quantitative estimate of drug-likeness (QED) is 0.739. The fourth-order valence-electron chi connectivity index (χ4n) is 2.27. The molecule has 1 rings (SSSR count). The van der Waals surface area contributed by atoms with Crippen molar-refractivity contribution in [2.45, 2.75) is 32.6 Å². The van der Waals surface area contributed by atoms with E-state index in [2.05, 4.69) is 11.8 Å². The van der Waals surface area contributed by atoms with Crippen LogP contribution >= 0.6 is 12.2 Å². The maximum absolute atomic E-state index is 12.0. The van der Waals surface area contributed by atoms with Gasteiger partial charge in [-0.3, -0.25) is 9.69 Å². The molecule has 1 aliphatic rings. The smallest absolute Gasteiger partial charge is 0.236 e. The van der Waals surface area contributed by atoms with E-state index in [-0.39, 0.29) is 5.91 Å². The molecule has 0 aliphatic carbocycles. The van der Waals surface area contributed by atoms with Crippen molar-refractivity contribution in [3.63, 3.8) is 0 Å². The van der Waals surface area contributed by atoms with Gasteiger partial charge in [-0.15, -0.1) is 0 Å². The lowest BCUT2D eigenvalue weighted by Gasteiger charge is -2.32. The zero-order chi connectivity index (χ0) is 13.5. The van der Waals surface area contributed by atoms with Crippen molar-refractivity contribution in [3.8, 4) is 0 Å². The van der Waals surface area contributed by atoms with Gasteiger partial charge in [-0.1, -0.05) is 25.6 Å². The molecule has 1 aliphatic heterocycles. The minimum Gasteiger partial charge on any atom is -0.393 e. The molecule has 1 heterocycles. The molecule has 4 nitrogen and oxygen atoms in total. The lowest BCUT2D eigenvalue weighted by molar-refractivity contribution is -0.131. The highest BCUT2D eigenvalue weighted by atomic mass is 32.1. The van der Waals surface area contributed by atoms with Gasteiger partial charge in [0.1, 0.15) is 0 Å². The number of likely N-dealkylation sites (tertiary alicyclic amines) is 1. The number of nitrogens with zero attached hydrogens (tertiary/aromatic N) is 2. The van der Waals surface area contributed by atoms with Crippen molar-refractivity contribution < 1.29 is 4.79 Å². The Bertz CT molecular complexity index is 288. The van der Waals surface area contributed by atoms with E-state index in [9.17, 15) is 4.79 Å². The molecule has 0 atom stereocenters. The van der Waals surface area contributed by atoms with Crippen LogP contribution in [0.4, 0.5) is 0 Å². The Balaban J connectivity index is 2.25. The van der Waals surface area contributed by atoms with Gasteiger partial charge in [-0.05, 0) is 31.8 Å². The average Bonchev–Trinajstić information content (AvgIpc) is 2.36. The van der Waals surface area contributed by atoms with Crippen LogP contribution in [0.3, 0.4) is 0 Å². The minimum absolute atomic E-state index is 0.168. The first kappa shape index (κ1) is 15.4. The number of hydrogen-bond acceptors (Lipinski definition) is 3. The second kappa shape index (κ2) is 7.69. The monoisotopic (exact) mass is 271 g/mol. The van der Waals surface area contributed by atoms with Crippen LogP contribution in [0.25, 0.3) is 0 Å². The third-order valence-electron chi connectivity index (χ3n) is 3.76. The maximum Gasteiger partial charge on any atom is 0.236 e. The SMILES string of the molecule is CCC1CCN(CC(=O)N(C)CCC(N)=S)CC1. The highest BCUT2D eigenvalue weighted by Crippen LogP contribution is 2.19. The molecule has 0 aromatic rings. The Morgan fingerprint density at radius 2 is 2.06 bits per heavy atom. The van der Waals surface area contributed by atoms with E-state index < -0.39 is 0 Å². The third kappa shape index (κ3) is 5.31. The number of nitrogens with two attached hydrogens (primary N) is 1. The van der Waals surface area contributed by atoms with Gasteiger partial charge in [-0.25, -0.2) is 0 Å². The van der Waals surface area contributed by atoms with Crippen LogP contribution < -0.4 is 5.73 Å². The summed E-state index contributed by atoms with van der Waals surface area (Å²) in [6, 6.07) is 0. The number of piperidine rings is 1. The molecule has 104 valence electrons. The average molecular weight is 271 g/mol. The normalized spacial score (nSPS) is 17.7. The molecule has 0 unspecified atom stereocenters. The number of carbonyl (C=O) groups is 1. The number of thiocarbonyl (C=S) groups is 1. The predicted molar refractivity (Wildman–Crippen MR) is 78.5 cm³/mol. The molecule has 0 radical (unpaired) electrons. The zero-order valence-corrected chi connectivity index (χ0v) is 12.3. The Hall–Kier alpha value is -0.680. The van der Waals surface area contributed by atoms with Crippen molar-refractivity contribution in [1.82, 2.24) is 9.80 Å². The molecule has 0 saturated carbocycles. The Labute approximate surface area is 115 Å². The lowest BCUT2D eigenvalue weighted by atomic mass is 9.94. The first-order valence-corrected chi connectivity index (χ1v) is 7.18. The molecule has 1 fully saturated rings. The molecule has 5 heteroatoms. The summed E-state index contributed by atoms with van der Waals surface area (Å²) < 4.78 is 0. The largest absolute Gasteiger partial charge is 0.393 e. The van der Waals surface area contributed by atoms with Crippen LogP contribution in [0.2, 0.25) is 0 Å². The van der Waals surface area contributed by atoms with E-state index in [0.29, 0.717) is 24.5 Å². The van der Waals surface area contributed by atoms with Crippen molar-refractivity contribution in [3.05, 3.63) is 0 Å².